The molecule has 0 bridgehead atoms. The van der Waals surface area contributed by atoms with Gasteiger partial charge < -0.3 is 5.32 Å². The Balaban J connectivity index is 2.19. The van der Waals surface area contributed by atoms with Crippen LogP contribution >= 0.6 is 15.9 Å². The summed E-state index contributed by atoms with van der Waals surface area (Å²) >= 11 is 3.41. The molecule has 1 nitrogen and oxygen atoms in total. The molecule has 17 heavy (non-hydrogen) atoms. The fourth-order valence-electron chi connectivity index (χ4n) is 2.65. The van der Waals surface area contributed by atoms with E-state index in [1.807, 2.05) is 13.1 Å². The maximum atomic E-state index is 13.8. The summed E-state index contributed by atoms with van der Waals surface area (Å²) < 4.78 is 14.7. The standard InChI is InChI=1S/C14H19BrFN/c1-14(9-17-2,11-3-4-11)8-10-7-12(15)5-6-13(10)16/h5-7,11,17H,3-4,8-9H2,1-2H3. The molecule has 0 radical (unpaired) electrons. The van der Waals surface area contributed by atoms with Crippen molar-refractivity contribution in [1.82, 2.24) is 5.32 Å². The molecular formula is C14H19BrFN. The first-order chi connectivity index (χ1) is 8.05. The SMILES string of the molecule is CNCC(C)(Cc1cc(Br)ccc1F)C1CC1. The van der Waals surface area contributed by atoms with Crippen molar-refractivity contribution in [1.29, 1.82) is 0 Å². The quantitative estimate of drug-likeness (QED) is 0.873. The Kier molecular flexibility index (Phi) is 3.88. The van der Waals surface area contributed by atoms with Crippen LogP contribution in [0.4, 0.5) is 4.39 Å². The van der Waals surface area contributed by atoms with Crippen molar-refractivity contribution in [2.24, 2.45) is 11.3 Å². The van der Waals surface area contributed by atoms with Gasteiger partial charge in [-0.3, -0.25) is 0 Å². The molecule has 1 saturated carbocycles. The van der Waals surface area contributed by atoms with Gasteiger partial charge in [0.2, 0.25) is 0 Å². The Bertz CT molecular complexity index is 403. The summed E-state index contributed by atoms with van der Waals surface area (Å²) in [6.07, 6.45) is 3.38. The Morgan fingerprint density at radius 2 is 2.18 bits per heavy atom. The maximum absolute atomic E-state index is 13.8. The highest BCUT2D eigenvalue weighted by atomic mass is 79.9. The van der Waals surface area contributed by atoms with Crippen LogP contribution in [0.15, 0.2) is 22.7 Å². The lowest BCUT2D eigenvalue weighted by Crippen LogP contribution is -2.34. The third-order valence-electron chi connectivity index (χ3n) is 3.75. The zero-order valence-electron chi connectivity index (χ0n) is 10.4. The Morgan fingerprint density at radius 1 is 1.47 bits per heavy atom. The van der Waals surface area contributed by atoms with Gasteiger partial charge in [-0.05, 0) is 61.4 Å². The molecule has 0 spiro atoms. The largest absolute Gasteiger partial charge is 0.319 e. The topological polar surface area (TPSA) is 12.0 Å². The van der Waals surface area contributed by atoms with Crippen molar-refractivity contribution in [3.63, 3.8) is 0 Å². The number of hydrogen-bond acceptors (Lipinski definition) is 1. The predicted octanol–water partition coefficient (Wildman–Crippen LogP) is 3.77. The van der Waals surface area contributed by atoms with Gasteiger partial charge in [-0.15, -0.1) is 0 Å². The van der Waals surface area contributed by atoms with Crippen LogP contribution in [-0.4, -0.2) is 13.6 Å². The van der Waals surface area contributed by atoms with Crippen LogP contribution in [0, 0.1) is 17.2 Å². The van der Waals surface area contributed by atoms with E-state index in [1.165, 1.54) is 12.8 Å². The van der Waals surface area contributed by atoms with Gasteiger partial charge in [0.25, 0.3) is 0 Å². The van der Waals surface area contributed by atoms with E-state index in [4.69, 9.17) is 0 Å². The second-order valence-electron chi connectivity index (χ2n) is 5.37. The molecule has 1 atom stereocenters. The summed E-state index contributed by atoms with van der Waals surface area (Å²) in [5, 5.41) is 3.25. The minimum atomic E-state index is -0.0869. The molecule has 0 aliphatic heterocycles. The van der Waals surface area contributed by atoms with E-state index in [9.17, 15) is 4.39 Å². The van der Waals surface area contributed by atoms with Gasteiger partial charge >= 0.3 is 0 Å². The molecule has 1 aromatic carbocycles. The first-order valence-corrected chi connectivity index (χ1v) is 6.93. The number of halogens is 2. The molecule has 1 fully saturated rings. The first kappa shape index (κ1) is 13.0. The number of rotatable bonds is 5. The number of hydrogen-bond donors (Lipinski definition) is 1. The number of benzene rings is 1. The van der Waals surface area contributed by atoms with Crippen molar-refractivity contribution in [2.75, 3.05) is 13.6 Å². The fourth-order valence-corrected chi connectivity index (χ4v) is 3.06. The van der Waals surface area contributed by atoms with E-state index in [0.29, 0.717) is 0 Å². The fraction of sp³-hybridized carbons (Fsp3) is 0.571. The summed E-state index contributed by atoms with van der Waals surface area (Å²) in [6, 6.07) is 5.21. The van der Waals surface area contributed by atoms with Crippen molar-refractivity contribution in [2.45, 2.75) is 26.2 Å². The first-order valence-electron chi connectivity index (χ1n) is 6.14. The Morgan fingerprint density at radius 3 is 2.76 bits per heavy atom. The molecule has 3 heteroatoms. The molecule has 1 aliphatic rings. The summed E-state index contributed by atoms with van der Waals surface area (Å²) in [5.74, 6) is 0.657. The second kappa shape index (κ2) is 5.07. The molecule has 0 aromatic heterocycles. The van der Waals surface area contributed by atoms with Gasteiger partial charge in [0.1, 0.15) is 5.82 Å². The van der Waals surface area contributed by atoms with Crippen molar-refractivity contribution < 1.29 is 4.39 Å². The third-order valence-corrected chi connectivity index (χ3v) is 4.24. The average Bonchev–Trinajstić information content (AvgIpc) is 3.07. The molecule has 0 amide bonds. The van der Waals surface area contributed by atoms with Crippen molar-refractivity contribution in [3.8, 4) is 0 Å². The summed E-state index contributed by atoms with van der Waals surface area (Å²) in [7, 11) is 1.97. The second-order valence-corrected chi connectivity index (χ2v) is 6.29. The van der Waals surface area contributed by atoms with Crippen molar-refractivity contribution >= 4 is 15.9 Å². The normalized spacial score (nSPS) is 19.1. The van der Waals surface area contributed by atoms with Crippen LogP contribution in [0.25, 0.3) is 0 Å². The van der Waals surface area contributed by atoms with Gasteiger partial charge in [-0.1, -0.05) is 22.9 Å². The minimum absolute atomic E-state index is 0.0869. The lowest BCUT2D eigenvalue weighted by Gasteiger charge is -2.30. The molecule has 0 saturated heterocycles. The van der Waals surface area contributed by atoms with E-state index < -0.39 is 0 Å². The summed E-state index contributed by atoms with van der Waals surface area (Å²) in [5.41, 5.74) is 1.00. The number of nitrogens with one attached hydrogen (secondary N) is 1. The van der Waals surface area contributed by atoms with Crippen LogP contribution in [0.5, 0.6) is 0 Å². The predicted molar refractivity (Wildman–Crippen MR) is 72.6 cm³/mol. The van der Waals surface area contributed by atoms with Gasteiger partial charge in [0, 0.05) is 11.0 Å². The highest BCUT2D eigenvalue weighted by Crippen LogP contribution is 2.47. The maximum Gasteiger partial charge on any atom is 0.126 e. The summed E-state index contributed by atoms with van der Waals surface area (Å²) in [4.78, 5) is 0. The molecule has 1 aromatic rings. The zero-order valence-corrected chi connectivity index (χ0v) is 12.0. The molecule has 2 rings (SSSR count). The van der Waals surface area contributed by atoms with Crippen LogP contribution in [0.3, 0.4) is 0 Å². The van der Waals surface area contributed by atoms with Crippen LogP contribution in [0.2, 0.25) is 0 Å². The van der Waals surface area contributed by atoms with E-state index in [1.54, 1.807) is 12.1 Å². The smallest absolute Gasteiger partial charge is 0.126 e. The van der Waals surface area contributed by atoms with E-state index in [0.717, 1.165) is 28.9 Å². The van der Waals surface area contributed by atoms with Gasteiger partial charge in [0.05, 0.1) is 0 Å². The van der Waals surface area contributed by atoms with Crippen molar-refractivity contribution in [3.05, 3.63) is 34.1 Å². The minimum Gasteiger partial charge on any atom is -0.319 e. The molecule has 1 N–H and O–H groups in total. The van der Waals surface area contributed by atoms with Gasteiger partial charge in [0.15, 0.2) is 0 Å². The van der Waals surface area contributed by atoms with Crippen LogP contribution < -0.4 is 5.32 Å². The highest BCUT2D eigenvalue weighted by molar-refractivity contribution is 9.10. The molecule has 0 heterocycles. The lowest BCUT2D eigenvalue weighted by atomic mass is 9.79. The Hall–Kier alpha value is -0.410. The van der Waals surface area contributed by atoms with E-state index >= 15 is 0 Å². The molecule has 1 unspecified atom stereocenters. The zero-order chi connectivity index (χ0) is 12.5. The summed E-state index contributed by atoms with van der Waals surface area (Å²) in [6.45, 7) is 3.21. The molecule has 94 valence electrons. The van der Waals surface area contributed by atoms with E-state index in [2.05, 4.69) is 28.2 Å². The third kappa shape index (κ3) is 3.08. The monoisotopic (exact) mass is 299 g/mol. The molecule has 1 aliphatic carbocycles. The van der Waals surface area contributed by atoms with Crippen LogP contribution in [-0.2, 0) is 6.42 Å². The van der Waals surface area contributed by atoms with Gasteiger partial charge in [-0.2, -0.15) is 0 Å². The lowest BCUT2D eigenvalue weighted by molar-refractivity contribution is 0.260. The Labute approximate surface area is 111 Å². The van der Waals surface area contributed by atoms with Gasteiger partial charge in [-0.25, -0.2) is 4.39 Å². The molecular weight excluding hydrogens is 281 g/mol. The van der Waals surface area contributed by atoms with Crippen LogP contribution in [0.1, 0.15) is 25.3 Å². The highest BCUT2D eigenvalue weighted by Gasteiger charge is 2.41. The van der Waals surface area contributed by atoms with E-state index in [-0.39, 0.29) is 11.2 Å². The average molecular weight is 300 g/mol.